The molecule has 1 aliphatic rings. The highest BCUT2D eigenvalue weighted by Gasteiger charge is 2.03. The summed E-state index contributed by atoms with van der Waals surface area (Å²) >= 11 is 0. The minimum atomic E-state index is 0.573. The fourth-order valence-electron chi connectivity index (χ4n) is 2.38. The number of nitriles is 1. The zero-order valence-electron chi connectivity index (χ0n) is 12.4. The molecule has 0 unspecified atom stereocenters. The van der Waals surface area contributed by atoms with Crippen LogP contribution in [0.4, 0.5) is 0 Å². The smallest absolute Gasteiger partial charge is 0.0635 e. The number of nitrogens with zero attached hydrogens (tertiary/aromatic N) is 2. The van der Waals surface area contributed by atoms with Gasteiger partial charge in [0, 0.05) is 26.1 Å². The van der Waals surface area contributed by atoms with Gasteiger partial charge in [0.05, 0.1) is 6.07 Å². The van der Waals surface area contributed by atoms with Gasteiger partial charge in [-0.3, -0.25) is 4.90 Å². The summed E-state index contributed by atoms with van der Waals surface area (Å²) in [5.41, 5.74) is 2.59. The molecule has 0 spiro atoms. The Morgan fingerprint density at radius 3 is 2.76 bits per heavy atom. The average molecular weight is 278 g/mol. The fourth-order valence-corrected chi connectivity index (χ4v) is 2.38. The third-order valence-electron chi connectivity index (χ3n) is 3.49. The lowest BCUT2D eigenvalue weighted by Crippen LogP contribution is -2.24. The molecule has 108 valence electrons. The minimum absolute atomic E-state index is 0.573. The molecule has 0 aromatic heterocycles. The van der Waals surface area contributed by atoms with Crippen LogP contribution >= 0.6 is 0 Å². The highest BCUT2D eigenvalue weighted by molar-refractivity contribution is 5.32. The molecule has 1 aliphatic carbocycles. The maximum atomic E-state index is 8.80. The second-order valence-electron chi connectivity index (χ2n) is 5.22. The van der Waals surface area contributed by atoms with E-state index in [2.05, 4.69) is 65.6 Å². The third kappa shape index (κ3) is 5.81. The number of hydrogen-bond donors (Lipinski definition) is 0. The van der Waals surface area contributed by atoms with E-state index in [1.165, 1.54) is 11.1 Å². The monoisotopic (exact) mass is 278 g/mol. The maximum Gasteiger partial charge on any atom is 0.0635 e. The Balaban J connectivity index is 1.90. The Hall–Kier alpha value is -2.11. The molecule has 0 saturated carbocycles. The lowest BCUT2D eigenvalue weighted by molar-refractivity contribution is 0.301. The lowest BCUT2D eigenvalue weighted by atomic mass is 10.1. The van der Waals surface area contributed by atoms with Gasteiger partial charge in [-0.1, -0.05) is 60.7 Å². The van der Waals surface area contributed by atoms with Gasteiger partial charge in [-0.15, -0.1) is 0 Å². The van der Waals surface area contributed by atoms with Crippen LogP contribution in [0.3, 0.4) is 0 Å². The van der Waals surface area contributed by atoms with Crippen LogP contribution in [0.5, 0.6) is 0 Å². The predicted molar refractivity (Wildman–Crippen MR) is 87.5 cm³/mol. The van der Waals surface area contributed by atoms with Crippen molar-refractivity contribution in [2.45, 2.75) is 25.8 Å². The summed E-state index contributed by atoms with van der Waals surface area (Å²) in [6, 6.07) is 12.7. The largest absolute Gasteiger partial charge is 0.294 e. The molecule has 0 heterocycles. The van der Waals surface area contributed by atoms with Gasteiger partial charge in [0.2, 0.25) is 0 Å². The van der Waals surface area contributed by atoms with E-state index in [1.807, 2.05) is 6.07 Å². The van der Waals surface area contributed by atoms with E-state index in [-0.39, 0.29) is 0 Å². The summed E-state index contributed by atoms with van der Waals surface area (Å²) in [5, 5.41) is 8.80. The molecule has 0 aliphatic heterocycles. The second kappa shape index (κ2) is 8.94. The Morgan fingerprint density at radius 2 is 2.05 bits per heavy atom. The van der Waals surface area contributed by atoms with Gasteiger partial charge in [0.1, 0.15) is 0 Å². The van der Waals surface area contributed by atoms with E-state index in [0.717, 1.165) is 32.5 Å². The first-order valence-electron chi connectivity index (χ1n) is 7.55. The molecule has 1 aromatic carbocycles. The molecule has 0 saturated heterocycles. The zero-order chi connectivity index (χ0) is 14.8. The molecule has 0 radical (unpaired) electrons. The first-order valence-corrected chi connectivity index (χ1v) is 7.55. The number of allylic oxidation sites excluding steroid dienone is 5. The SMILES string of the molecule is N#CCCN(C/C=C/C1=CCCC=C1)Cc1ccccc1. The van der Waals surface area contributed by atoms with Crippen LogP contribution in [0.1, 0.15) is 24.8 Å². The number of benzene rings is 1. The van der Waals surface area contributed by atoms with E-state index in [9.17, 15) is 0 Å². The number of hydrogen-bond acceptors (Lipinski definition) is 2. The minimum Gasteiger partial charge on any atom is -0.294 e. The van der Waals surface area contributed by atoms with Gasteiger partial charge < -0.3 is 0 Å². The van der Waals surface area contributed by atoms with Crippen LogP contribution in [0.25, 0.3) is 0 Å². The molecule has 0 bridgehead atoms. The molecule has 2 rings (SSSR count). The van der Waals surface area contributed by atoms with Crippen molar-refractivity contribution < 1.29 is 0 Å². The van der Waals surface area contributed by atoms with E-state index < -0.39 is 0 Å². The average Bonchev–Trinajstić information content (AvgIpc) is 2.54. The van der Waals surface area contributed by atoms with Crippen molar-refractivity contribution in [3.05, 3.63) is 71.8 Å². The Labute approximate surface area is 127 Å². The Kier molecular flexibility index (Phi) is 6.51. The summed E-state index contributed by atoms with van der Waals surface area (Å²) in [5.74, 6) is 0. The van der Waals surface area contributed by atoms with Gasteiger partial charge in [-0.05, 0) is 24.0 Å². The first-order chi connectivity index (χ1) is 10.4. The van der Waals surface area contributed by atoms with Crippen molar-refractivity contribution in [3.63, 3.8) is 0 Å². The van der Waals surface area contributed by atoms with Crippen LogP contribution < -0.4 is 0 Å². The van der Waals surface area contributed by atoms with Crippen molar-refractivity contribution in [1.29, 1.82) is 5.26 Å². The molecule has 0 atom stereocenters. The summed E-state index contributed by atoms with van der Waals surface area (Å²) in [4.78, 5) is 2.31. The fraction of sp³-hybridized carbons (Fsp3) is 0.316. The van der Waals surface area contributed by atoms with E-state index >= 15 is 0 Å². The molecule has 2 heteroatoms. The predicted octanol–water partition coefficient (Wildman–Crippen LogP) is 4.23. The highest BCUT2D eigenvalue weighted by atomic mass is 15.1. The zero-order valence-corrected chi connectivity index (χ0v) is 12.4. The summed E-state index contributed by atoms with van der Waals surface area (Å²) in [7, 11) is 0. The molecule has 0 N–H and O–H groups in total. The quantitative estimate of drug-likeness (QED) is 0.746. The number of rotatable bonds is 7. The molecular weight excluding hydrogens is 256 g/mol. The van der Waals surface area contributed by atoms with Crippen molar-refractivity contribution >= 4 is 0 Å². The van der Waals surface area contributed by atoms with Gasteiger partial charge >= 0.3 is 0 Å². The van der Waals surface area contributed by atoms with E-state index in [0.29, 0.717) is 6.42 Å². The van der Waals surface area contributed by atoms with Crippen LogP contribution in [-0.4, -0.2) is 18.0 Å². The standard InChI is InChI=1S/C19H22N2/c20-14-8-16-21(17-19-11-5-2-6-12-19)15-7-13-18-9-3-1-4-10-18/h2-3,5-7,9-13H,1,4,8,15-17H2/b13-7+. The van der Waals surface area contributed by atoms with Crippen LogP contribution in [0.2, 0.25) is 0 Å². The van der Waals surface area contributed by atoms with E-state index in [4.69, 9.17) is 5.26 Å². The lowest BCUT2D eigenvalue weighted by Gasteiger charge is -2.19. The molecular formula is C19H22N2. The van der Waals surface area contributed by atoms with Gasteiger partial charge in [-0.2, -0.15) is 5.26 Å². The molecule has 0 fully saturated rings. The Bertz CT molecular complexity index is 547. The van der Waals surface area contributed by atoms with Crippen LogP contribution in [0, 0.1) is 11.3 Å². The van der Waals surface area contributed by atoms with Crippen LogP contribution in [0.15, 0.2) is 66.3 Å². The van der Waals surface area contributed by atoms with Crippen LogP contribution in [-0.2, 0) is 6.54 Å². The van der Waals surface area contributed by atoms with E-state index in [1.54, 1.807) is 0 Å². The molecule has 1 aromatic rings. The highest BCUT2D eigenvalue weighted by Crippen LogP contribution is 2.11. The summed E-state index contributed by atoms with van der Waals surface area (Å²) in [6.45, 7) is 2.58. The molecule has 2 nitrogen and oxygen atoms in total. The first kappa shape index (κ1) is 15.3. The molecule has 21 heavy (non-hydrogen) atoms. The van der Waals surface area contributed by atoms with Crippen molar-refractivity contribution in [1.82, 2.24) is 4.90 Å². The van der Waals surface area contributed by atoms with Crippen molar-refractivity contribution in [3.8, 4) is 6.07 Å². The van der Waals surface area contributed by atoms with Gasteiger partial charge in [0.15, 0.2) is 0 Å². The molecule has 0 amide bonds. The second-order valence-corrected chi connectivity index (χ2v) is 5.22. The summed E-state index contributed by atoms with van der Waals surface area (Å²) < 4.78 is 0. The van der Waals surface area contributed by atoms with Crippen molar-refractivity contribution in [2.24, 2.45) is 0 Å². The maximum absolute atomic E-state index is 8.80. The van der Waals surface area contributed by atoms with Gasteiger partial charge in [0.25, 0.3) is 0 Å². The Morgan fingerprint density at radius 1 is 1.19 bits per heavy atom. The summed E-state index contributed by atoms with van der Waals surface area (Å²) in [6.07, 6.45) is 13.9. The topological polar surface area (TPSA) is 27.0 Å². The van der Waals surface area contributed by atoms with Crippen molar-refractivity contribution in [2.75, 3.05) is 13.1 Å². The normalized spacial score (nSPS) is 14.4. The third-order valence-corrected chi connectivity index (χ3v) is 3.49. The van der Waals surface area contributed by atoms with Gasteiger partial charge in [-0.25, -0.2) is 0 Å².